The van der Waals surface area contributed by atoms with Gasteiger partial charge in [-0.25, -0.2) is 15.4 Å². The molecule has 1 unspecified atom stereocenters. The summed E-state index contributed by atoms with van der Waals surface area (Å²) in [6, 6.07) is 3.27. The number of nitrogens with zero attached hydrogens (tertiary/aromatic N) is 3. The van der Waals surface area contributed by atoms with E-state index < -0.39 is 0 Å². The number of pyridine rings is 1. The van der Waals surface area contributed by atoms with E-state index >= 15 is 0 Å². The number of hydrogen-bond donors (Lipinski definition) is 2. The molecule has 7 heteroatoms. The quantitative estimate of drug-likeness (QED) is 0.595. The third kappa shape index (κ3) is 3.19. The number of methoxy groups -OCH3 is 1. The van der Waals surface area contributed by atoms with Crippen molar-refractivity contribution in [2.24, 2.45) is 5.84 Å². The van der Waals surface area contributed by atoms with Crippen LogP contribution in [0.1, 0.15) is 24.2 Å². The molecule has 0 aliphatic rings. The van der Waals surface area contributed by atoms with Gasteiger partial charge in [-0.05, 0) is 18.6 Å². The van der Waals surface area contributed by atoms with Crippen molar-refractivity contribution in [1.29, 1.82) is 0 Å². The van der Waals surface area contributed by atoms with Crippen molar-refractivity contribution in [1.82, 2.24) is 20.4 Å². The topological polar surface area (TPSA) is 95.2 Å². The number of ether oxygens (including phenoxy) is 2. The van der Waals surface area contributed by atoms with Gasteiger partial charge in [0.2, 0.25) is 5.88 Å². The van der Waals surface area contributed by atoms with E-state index in [4.69, 9.17) is 15.3 Å². The number of hydrogen-bond acceptors (Lipinski definition) is 7. The molecule has 0 bridgehead atoms. The average molecular weight is 275 g/mol. The number of aromatic nitrogens is 3. The first-order valence-corrected chi connectivity index (χ1v) is 6.18. The van der Waals surface area contributed by atoms with Gasteiger partial charge in [0, 0.05) is 12.3 Å². The van der Waals surface area contributed by atoms with Crippen LogP contribution in [0.4, 0.5) is 0 Å². The van der Waals surface area contributed by atoms with Crippen LogP contribution in [-0.2, 0) is 0 Å². The Balaban J connectivity index is 2.33. The Morgan fingerprint density at radius 2 is 2.15 bits per heavy atom. The van der Waals surface area contributed by atoms with Crippen LogP contribution >= 0.6 is 0 Å². The number of nitrogens with two attached hydrogens (primary N) is 1. The maximum absolute atomic E-state index is 5.63. The van der Waals surface area contributed by atoms with Gasteiger partial charge in [-0.1, -0.05) is 0 Å². The van der Waals surface area contributed by atoms with E-state index in [0.717, 1.165) is 5.56 Å². The summed E-state index contributed by atoms with van der Waals surface area (Å²) in [5, 5.41) is 0. The third-order valence-corrected chi connectivity index (χ3v) is 2.71. The zero-order chi connectivity index (χ0) is 14.4. The molecule has 7 nitrogen and oxygen atoms in total. The Morgan fingerprint density at radius 3 is 2.85 bits per heavy atom. The van der Waals surface area contributed by atoms with E-state index in [9.17, 15) is 0 Å². The molecule has 0 aliphatic heterocycles. The normalized spacial score (nSPS) is 11.9. The van der Waals surface area contributed by atoms with Crippen LogP contribution in [0.2, 0.25) is 0 Å². The highest BCUT2D eigenvalue weighted by atomic mass is 16.5. The molecule has 2 rings (SSSR count). The fraction of sp³-hybridized carbons (Fsp3) is 0.308. The molecule has 0 amide bonds. The van der Waals surface area contributed by atoms with Crippen molar-refractivity contribution in [3.63, 3.8) is 0 Å². The first-order chi connectivity index (χ1) is 9.78. The molecule has 2 aromatic rings. The van der Waals surface area contributed by atoms with Gasteiger partial charge >= 0.3 is 0 Å². The molecule has 0 aromatic carbocycles. The molecular weight excluding hydrogens is 258 g/mol. The minimum absolute atomic E-state index is 0.320. The molecule has 0 saturated carbocycles. The summed E-state index contributed by atoms with van der Waals surface area (Å²) in [7, 11) is 1.55. The number of rotatable bonds is 6. The van der Waals surface area contributed by atoms with E-state index in [1.54, 1.807) is 25.6 Å². The fourth-order valence-corrected chi connectivity index (χ4v) is 1.81. The first kappa shape index (κ1) is 14.2. The molecule has 0 fully saturated rings. The van der Waals surface area contributed by atoms with Crippen molar-refractivity contribution in [3.05, 3.63) is 42.1 Å². The zero-order valence-electron chi connectivity index (χ0n) is 11.4. The molecule has 20 heavy (non-hydrogen) atoms. The van der Waals surface area contributed by atoms with E-state index in [2.05, 4.69) is 20.4 Å². The predicted molar refractivity (Wildman–Crippen MR) is 73.2 cm³/mol. The second kappa shape index (κ2) is 6.78. The molecule has 2 aromatic heterocycles. The SMILES string of the molecule is CCOc1cncc(C(NN)c2cc(OC)ncn2)c1. The zero-order valence-corrected chi connectivity index (χ0v) is 11.4. The summed E-state index contributed by atoms with van der Waals surface area (Å²) in [5.74, 6) is 6.80. The lowest BCUT2D eigenvalue weighted by Crippen LogP contribution is -2.29. The van der Waals surface area contributed by atoms with Crippen LogP contribution in [0.25, 0.3) is 0 Å². The van der Waals surface area contributed by atoms with Crippen molar-refractivity contribution >= 4 is 0 Å². The average Bonchev–Trinajstić information content (AvgIpc) is 2.49. The predicted octanol–water partition coefficient (Wildman–Crippen LogP) is 0.832. The van der Waals surface area contributed by atoms with Gasteiger partial charge in [0.15, 0.2) is 0 Å². The summed E-state index contributed by atoms with van der Waals surface area (Å²) in [6.07, 6.45) is 4.79. The Hall–Kier alpha value is -2.25. The van der Waals surface area contributed by atoms with Crippen LogP contribution < -0.4 is 20.7 Å². The van der Waals surface area contributed by atoms with Gasteiger partial charge in [-0.2, -0.15) is 0 Å². The number of hydrazine groups is 1. The summed E-state index contributed by atoms with van der Waals surface area (Å²) in [4.78, 5) is 12.3. The molecule has 0 saturated heterocycles. The van der Waals surface area contributed by atoms with Crippen LogP contribution in [0.15, 0.2) is 30.9 Å². The van der Waals surface area contributed by atoms with Crippen molar-refractivity contribution in [2.75, 3.05) is 13.7 Å². The summed E-state index contributed by atoms with van der Waals surface area (Å²) in [6.45, 7) is 2.49. The second-order valence-corrected chi connectivity index (χ2v) is 3.97. The van der Waals surface area contributed by atoms with Crippen molar-refractivity contribution < 1.29 is 9.47 Å². The minimum atomic E-state index is -0.320. The molecule has 3 N–H and O–H groups in total. The van der Waals surface area contributed by atoms with Gasteiger partial charge in [0.1, 0.15) is 12.1 Å². The Kier molecular flexibility index (Phi) is 4.80. The smallest absolute Gasteiger partial charge is 0.216 e. The van der Waals surface area contributed by atoms with Crippen LogP contribution in [0, 0.1) is 0 Å². The van der Waals surface area contributed by atoms with Crippen molar-refractivity contribution in [3.8, 4) is 11.6 Å². The Morgan fingerprint density at radius 1 is 1.30 bits per heavy atom. The molecule has 0 aliphatic carbocycles. The lowest BCUT2D eigenvalue weighted by atomic mass is 10.1. The first-order valence-electron chi connectivity index (χ1n) is 6.18. The molecule has 0 spiro atoms. The Labute approximate surface area is 117 Å². The van der Waals surface area contributed by atoms with Crippen LogP contribution in [-0.4, -0.2) is 28.7 Å². The highest BCUT2D eigenvalue weighted by molar-refractivity contribution is 5.32. The van der Waals surface area contributed by atoms with Gasteiger partial charge in [0.05, 0.1) is 31.6 Å². The summed E-state index contributed by atoms with van der Waals surface area (Å²) in [5.41, 5.74) is 4.25. The molecule has 106 valence electrons. The van der Waals surface area contributed by atoms with E-state index in [0.29, 0.717) is 23.9 Å². The van der Waals surface area contributed by atoms with E-state index in [-0.39, 0.29) is 6.04 Å². The van der Waals surface area contributed by atoms with Crippen LogP contribution in [0.3, 0.4) is 0 Å². The molecule has 0 radical (unpaired) electrons. The maximum Gasteiger partial charge on any atom is 0.216 e. The molecule has 1 atom stereocenters. The lowest BCUT2D eigenvalue weighted by molar-refractivity contribution is 0.338. The minimum Gasteiger partial charge on any atom is -0.492 e. The molecule has 2 heterocycles. The van der Waals surface area contributed by atoms with E-state index in [1.807, 2.05) is 13.0 Å². The summed E-state index contributed by atoms with van der Waals surface area (Å²) >= 11 is 0. The van der Waals surface area contributed by atoms with Gasteiger partial charge in [-0.3, -0.25) is 10.8 Å². The second-order valence-electron chi connectivity index (χ2n) is 3.97. The standard InChI is InChI=1S/C13H17N5O2/c1-3-20-10-4-9(6-15-7-10)13(18-14)11-5-12(19-2)17-8-16-11/h4-8,13,18H,3,14H2,1-2H3. The monoisotopic (exact) mass is 275 g/mol. The van der Waals surface area contributed by atoms with Gasteiger partial charge in [0.25, 0.3) is 0 Å². The maximum atomic E-state index is 5.63. The van der Waals surface area contributed by atoms with Gasteiger partial charge in [-0.15, -0.1) is 0 Å². The van der Waals surface area contributed by atoms with Crippen LogP contribution in [0.5, 0.6) is 11.6 Å². The highest BCUT2D eigenvalue weighted by Crippen LogP contribution is 2.23. The van der Waals surface area contributed by atoms with Gasteiger partial charge < -0.3 is 9.47 Å². The number of nitrogens with one attached hydrogen (secondary N) is 1. The Bertz CT molecular complexity index is 564. The summed E-state index contributed by atoms with van der Waals surface area (Å²) < 4.78 is 10.5. The molecular formula is C13H17N5O2. The fourth-order valence-electron chi connectivity index (χ4n) is 1.81. The van der Waals surface area contributed by atoms with Crippen molar-refractivity contribution in [2.45, 2.75) is 13.0 Å². The van der Waals surface area contributed by atoms with E-state index in [1.165, 1.54) is 6.33 Å². The highest BCUT2D eigenvalue weighted by Gasteiger charge is 2.16. The third-order valence-electron chi connectivity index (χ3n) is 2.71. The lowest BCUT2D eigenvalue weighted by Gasteiger charge is -2.16. The largest absolute Gasteiger partial charge is 0.492 e.